The van der Waals surface area contributed by atoms with Gasteiger partial charge in [-0.15, -0.1) is 0 Å². The Balaban J connectivity index is 2.09. The van der Waals surface area contributed by atoms with E-state index in [-0.39, 0.29) is 11.5 Å². The molecular weight excluding hydrogens is 214 g/mol. The minimum atomic E-state index is -0.199. The first kappa shape index (κ1) is 12.4. The van der Waals surface area contributed by atoms with Crippen LogP contribution in [0, 0.1) is 5.41 Å². The van der Waals surface area contributed by atoms with Crippen molar-refractivity contribution in [2.45, 2.75) is 39.0 Å². The molecular formula is C14H21NO2. The average molecular weight is 235 g/mol. The molecule has 1 saturated carbocycles. The van der Waals surface area contributed by atoms with Gasteiger partial charge < -0.3 is 15.2 Å². The molecule has 0 spiro atoms. The number of anilines is 1. The first-order chi connectivity index (χ1) is 8.05. The smallest absolute Gasteiger partial charge is 0.0733 e. The summed E-state index contributed by atoms with van der Waals surface area (Å²) in [5.74, 6) is 0. The van der Waals surface area contributed by atoms with Crippen molar-refractivity contribution in [3.05, 3.63) is 29.8 Å². The maximum absolute atomic E-state index is 9.73. The molecule has 1 aliphatic rings. The van der Waals surface area contributed by atoms with Crippen LogP contribution in [0.1, 0.15) is 25.8 Å². The Bertz CT molecular complexity index is 390. The van der Waals surface area contributed by atoms with Gasteiger partial charge in [0.1, 0.15) is 0 Å². The Morgan fingerprint density at radius 3 is 2.71 bits per heavy atom. The summed E-state index contributed by atoms with van der Waals surface area (Å²) in [5, 5.41) is 13.2. The van der Waals surface area contributed by atoms with Crippen LogP contribution in [0.4, 0.5) is 5.69 Å². The fourth-order valence-electron chi connectivity index (χ4n) is 2.28. The molecule has 2 N–H and O–H groups in total. The van der Waals surface area contributed by atoms with Gasteiger partial charge in [0, 0.05) is 29.8 Å². The van der Waals surface area contributed by atoms with E-state index in [1.54, 1.807) is 7.11 Å². The monoisotopic (exact) mass is 235 g/mol. The Morgan fingerprint density at radius 1 is 1.41 bits per heavy atom. The first-order valence-corrected chi connectivity index (χ1v) is 6.07. The molecule has 2 unspecified atom stereocenters. The van der Waals surface area contributed by atoms with Gasteiger partial charge in [0.05, 0.1) is 12.7 Å². The summed E-state index contributed by atoms with van der Waals surface area (Å²) >= 11 is 0. The van der Waals surface area contributed by atoms with Crippen LogP contribution >= 0.6 is 0 Å². The molecule has 2 rings (SSSR count). The fourth-order valence-corrected chi connectivity index (χ4v) is 2.28. The Morgan fingerprint density at radius 2 is 2.12 bits per heavy atom. The second kappa shape index (κ2) is 4.67. The highest BCUT2D eigenvalue weighted by Crippen LogP contribution is 2.42. The fraction of sp³-hybridized carbons (Fsp3) is 0.571. The minimum absolute atomic E-state index is 0.0554. The van der Waals surface area contributed by atoms with Gasteiger partial charge in [0.15, 0.2) is 0 Å². The number of aliphatic hydroxyl groups excluding tert-OH is 1. The third kappa shape index (κ3) is 2.31. The maximum atomic E-state index is 9.73. The zero-order valence-corrected chi connectivity index (χ0v) is 10.7. The number of methoxy groups -OCH3 is 1. The summed E-state index contributed by atoms with van der Waals surface area (Å²) in [6.07, 6.45) is 0.614. The molecule has 0 aromatic heterocycles. The molecule has 0 radical (unpaired) electrons. The highest BCUT2D eigenvalue weighted by Gasteiger charge is 2.47. The summed E-state index contributed by atoms with van der Waals surface area (Å²) in [6, 6.07) is 8.49. The molecule has 0 bridgehead atoms. The number of ether oxygens (including phenoxy) is 1. The van der Waals surface area contributed by atoms with Crippen LogP contribution in [-0.2, 0) is 11.3 Å². The topological polar surface area (TPSA) is 41.5 Å². The number of hydrogen-bond acceptors (Lipinski definition) is 3. The predicted molar refractivity (Wildman–Crippen MR) is 69.0 cm³/mol. The molecule has 2 atom stereocenters. The SMILES string of the molecule is COCc1ccccc1NC1CC(O)C1(C)C. The molecule has 0 aliphatic heterocycles. The van der Waals surface area contributed by atoms with Gasteiger partial charge in [-0.1, -0.05) is 32.0 Å². The molecule has 0 saturated heterocycles. The maximum Gasteiger partial charge on any atom is 0.0733 e. The number of hydrogen-bond donors (Lipinski definition) is 2. The zero-order valence-electron chi connectivity index (χ0n) is 10.7. The highest BCUT2D eigenvalue weighted by molar-refractivity contribution is 5.52. The van der Waals surface area contributed by atoms with Crippen molar-refractivity contribution in [2.24, 2.45) is 5.41 Å². The van der Waals surface area contributed by atoms with Crippen molar-refractivity contribution in [1.82, 2.24) is 0 Å². The quantitative estimate of drug-likeness (QED) is 0.842. The van der Waals surface area contributed by atoms with E-state index in [1.807, 2.05) is 12.1 Å². The number of aliphatic hydroxyl groups is 1. The van der Waals surface area contributed by atoms with Crippen LogP contribution < -0.4 is 5.32 Å². The van der Waals surface area contributed by atoms with Crippen molar-refractivity contribution in [3.8, 4) is 0 Å². The Labute approximate surface area is 103 Å². The first-order valence-electron chi connectivity index (χ1n) is 6.07. The number of para-hydroxylation sites is 1. The molecule has 1 aliphatic carbocycles. The van der Waals surface area contributed by atoms with E-state index in [2.05, 4.69) is 31.3 Å². The third-order valence-corrected chi connectivity index (χ3v) is 3.86. The molecule has 1 fully saturated rings. The van der Waals surface area contributed by atoms with E-state index in [0.29, 0.717) is 12.6 Å². The lowest BCUT2D eigenvalue weighted by atomic mass is 9.64. The predicted octanol–water partition coefficient (Wildman–Crippen LogP) is 2.40. The van der Waals surface area contributed by atoms with Crippen LogP contribution in [0.5, 0.6) is 0 Å². The number of nitrogens with one attached hydrogen (secondary N) is 1. The van der Waals surface area contributed by atoms with Crippen molar-refractivity contribution >= 4 is 5.69 Å². The van der Waals surface area contributed by atoms with E-state index in [9.17, 15) is 5.11 Å². The normalized spacial score (nSPS) is 26.4. The molecule has 0 amide bonds. The zero-order chi connectivity index (χ0) is 12.5. The lowest BCUT2D eigenvalue weighted by Crippen LogP contribution is -2.57. The lowest BCUT2D eigenvalue weighted by molar-refractivity contribution is -0.0511. The Hall–Kier alpha value is -1.06. The molecule has 3 heteroatoms. The molecule has 1 aromatic rings. The van der Waals surface area contributed by atoms with Gasteiger partial charge in [-0.05, 0) is 12.5 Å². The summed E-state index contributed by atoms with van der Waals surface area (Å²) in [4.78, 5) is 0. The lowest BCUT2D eigenvalue weighted by Gasteiger charge is -2.50. The number of rotatable bonds is 4. The summed E-state index contributed by atoms with van der Waals surface area (Å²) < 4.78 is 5.19. The van der Waals surface area contributed by atoms with Crippen LogP contribution in [-0.4, -0.2) is 24.4 Å². The van der Waals surface area contributed by atoms with E-state index < -0.39 is 0 Å². The highest BCUT2D eigenvalue weighted by atomic mass is 16.5. The molecule has 0 heterocycles. The van der Waals surface area contributed by atoms with E-state index in [0.717, 1.165) is 17.7 Å². The Kier molecular flexibility index (Phi) is 3.40. The van der Waals surface area contributed by atoms with Crippen LogP contribution in [0.15, 0.2) is 24.3 Å². The molecule has 94 valence electrons. The third-order valence-electron chi connectivity index (χ3n) is 3.86. The van der Waals surface area contributed by atoms with Gasteiger partial charge in [-0.25, -0.2) is 0 Å². The average Bonchev–Trinajstić information content (AvgIpc) is 2.31. The second-order valence-corrected chi connectivity index (χ2v) is 5.36. The van der Waals surface area contributed by atoms with Crippen molar-refractivity contribution in [1.29, 1.82) is 0 Å². The van der Waals surface area contributed by atoms with E-state index in [4.69, 9.17) is 4.74 Å². The van der Waals surface area contributed by atoms with Crippen LogP contribution in [0.25, 0.3) is 0 Å². The molecule has 17 heavy (non-hydrogen) atoms. The van der Waals surface area contributed by atoms with Gasteiger partial charge in [-0.3, -0.25) is 0 Å². The summed E-state index contributed by atoms with van der Waals surface area (Å²) in [7, 11) is 1.70. The number of benzene rings is 1. The van der Waals surface area contributed by atoms with Crippen LogP contribution in [0.2, 0.25) is 0 Å². The molecule has 1 aromatic carbocycles. The minimum Gasteiger partial charge on any atom is -0.392 e. The van der Waals surface area contributed by atoms with Crippen molar-refractivity contribution in [2.75, 3.05) is 12.4 Å². The molecule has 3 nitrogen and oxygen atoms in total. The second-order valence-electron chi connectivity index (χ2n) is 5.36. The van der Waals surface area contributed by atoms with Crippen molar-refractivity contribution in [3.63, 3.8) is 0 Å². The van der Waals surface area contributed by atoms with Crippen LogP contribution in [0.3, 0.4) is 0 Å². The largest absolute Gasteiger partial charge is 0.392 e. The van der Waals surface area contributed by atoms with Gasteiger partial charge >= 0.3 is 0 Å². The summed E-state index contributed by atoms with van der Waals surface area (Å²) in [6.45, 7) is 4.80. The van der Waals surface area contributed by atoms with Gasteiger partial charge in [0.25, 0.3) is 0 Å². The van der Waals surface area contributed by atoms with E-state index in [1.165, 1.54) is 0 Å². The van der Waals surface area contributed by atoms with Gasteiger partial charge in [-0.2, -0.15) is 0 Å². The van der Waals surface area contributed by atoms with Crippen molar-refractivity contribution < 1.29 is 9.84 Å². The standard InChI is InChI=1S/C14H21NO2/c1-14(2)12(8-13(14)16)15-11-7-5-4-6-10(11)9-17-3/h4-7,12-13,15-16H,8-9H2,1-3H3. The summed E-state index contributed by atoms with van der Waals surface area (Å²) in [5.41, 5.74) is 2.21. The van der Waals surface area contributed by atoms with Gasteiger partial charge in [0.2, 0.25) is 0 Å². The van der Waals surface area contributed by atoms with E-state index >= 15 is 0 Å².